The van der Waals surface area contributed by atoms with Crippen LogP contribution in [-0.4, -0.2) is 10.2 Å². The van der Waals surface area contributed by atoms with Crippen molar-refractivity contribution >= 4 is 23.2 Å². The highest BCUT2D eigenvalue weighted by molar-refractivity contribution is 6.30. The Morgan fingerprint density at radius 2 is 1.79 bits per heavy atom. The normalized spacial score (nSPS) is 10.4. The van der Waals surface area contributed by atoms with Crippen molar-refractivity contribution in [3.63, 3.8) is 0 Å². The molecule has 2 rings (SSSR count). The van der Waals surface area contributed by atoms with Crippen LogP contribution in [0.2, 0.25) is 5.02 Å². The maximum Gasteiger partial charge on any atom is 0.155 e. The van der Waals surface area contributed by atoms with E-state index in [-0.39, 0.29) is 0 Å². The van der Waals surface area contributed by atoms with E-state index in [4.69, 9.17) is 23.1 Å². The van der Waals surface area contributed by atoms with Gasteiger partial charge < -0.3 is 11.5 Å². The van der Waals surface area contributed by atoms with E-state index in [0.29, 0.717) is 16.7 Å². The SMILES string of the molecule is Nc1n[nH]c(N)c1-c1ccc(Cl)cc1. The number of hydrogen-bond donors (Lipinski definition) is 3. The number of nitrogens with one attached hydrogen (secondary N) is 1. The van der Waals surface area contributed by atoms with Gasteiger partial charge in [0.1, 0.15) is 5.82 Å². The molecule has 0 amide bonds. The third-order valence-corrected chi connectivity index (χ3v) is 2.21. The number of rotatable bonds is 1. The fourth-order valence-electron chi connectivity index (χ4n) is 1.29. The van der Waals surface area contributed by atoms with Crippen LogP contribution in [0.25, 0.3) is 11.1 Å². The molecule has 0 fully saturated rings. The first-order chi connectivity index (χ1) is 6.68. The molecule has 4 nitrogen and oxygen atoms in total. The molecule has 0 aliphatic heterocycles. The number of halogens is 1. The van der Waals surface area contributed by atoms with Gasteiger partial charge >= 0.3 is 0 Å². The van der Waals surface area contributed by atoms with Crippen molar-refractivity contribution in [2.45, 2.75) is 0 Å². The predicted molar refractivity (Wildman–Crippen MR) is 57.9 cm³/mol. The van der Waals surface area contributed by atoms with Gasteiger partial charge in [0.15, 0.2) is 5.82 Å². The molecule has 2 aromatic rings. The molecule has 5 N–H and O–H groups in total. The van der Waals surface area contributed by atoms with Crippen molar-refractivity contribution in [2.75, 3.05) is 11.5 Å². The molecule has 1 aromatic carbocycles. The smallest absolute Gasteiger partial charge is 0.155 e. The Bertz CT molecular complexity index is 427. The Hall–Kier alpha value is -1.68. The number of H-pyrrole nitrogens is 1. The van der Waals surface area contributed by atoms with Crippen LogP contribution in [0.3, 0.4) is 0 Å². The molecular weight excluding hydrogens is 200 g/mol. The lowest BCUT2D eigenvalue weighted by Crippen LogP contribution is -1.90. The molecule has 0 saturated heterocycles. The van der Waals surface area contributed by atoms with Crippen molar-refractivity contribution < 1.29 is 0 Å². The summed E-state index contributed by atoms with van der Waals surface area (Å²) in [4.78, 5) is 0. The van der Waals surface area contributed by atoms with Gasteiger partial charge in [0.25, 0.3) is 0 Å². The van der Waals surface area contributed by atoms with E-state index < -0.39 is 0 Å². The second-order valence-electron chi connectivity index (χ2n) is 2.90. The van der Waals surface area contributed by atoms with Crippen LogP contribution < -0.4 is 11.5 Å². The summed E-state index contributed by atoms with van der Waals surface area (Å²) < 4.78 is 0. The summed E-state index contributed by atoms with van der Waals surface area (Å²) in [6.07, 6.45) is 0. The van der Waals surface area contributed by atoms with Crippen LogP contribution in [0.5, 0.6) is 0 Å². The minimum absolute atomic E-state index is 0.393. The Morgan fingerprint density at radius 3 is 2.29 bits per heavy atom. The molecule has 0 atom stereocenters. The molecule has 0 radical (unpaired) electrons. The van der Waals surface area contributed by atoms with E-state index in [2.05, 4.69) is 10.2 Å². The fraction of sp³-hybridized carbons (Fsp3) is 0. The highest BCUT2D eigenvalue weighted by Crippen LogP contribution is 2.29. The highest BCUT2D eigenvalue weighted by atomic mass is 35.5. The van der Waals surface area contributed by atoms with Crippen molar-refractivity contribution in [1.82, 2.24) is 10.2 Å². The topological polar surface area (TPSA) is 80.7 Å². The quantitative estimate of drug-likeness (QED) is 0.670. The van der Waals surface area contributed by atoms with Gasteiger partial charge in [-0.25, -0.2) is 0 Å². The Balaban J connectivity index is 2.54. The molecule has 14 heavy (non-hydrogen) atoms. The van der Waals surface area contributed by atoms with E-state index in [1.54, 1.807) is 12.1 Å². The number of aromatic amines is 1. The monoisotopic (exact) mass is 208 g/mol. The lowest BCUT2D eigenvalue weighted by Gasteiger charge is -2.00. The summed E-state index contributed by atoms with van der Waals surface area (Å²) in [7, 11) is 0. The summed E-state index contributed by atoms with van der Waals surface area (Å²) in [5.74, 6) is 0.856. The van der Waals surface area contributed by atoms with Gasteiger partial charge in [0.05, 0.1) is 5.56 Å². The van der Waals surface area contributed by atoms with Gasteiger partial charge in [-0.05, 0) is 17.7 Å². The summed E-state index contributed by atoms with van der Waals surface area (Å²) in [5, 5.41) is 7.10. The lowest BCUT2D eigenvalue weighted by atomic mass is 10.1. The van der Waals surface area contributed by atoms with Crippen LogP contribution >= 0.6 is 11.6 Å². The van der Waals surface area contributed by atoms with E-state index >= 15 is 0 Å². The Labute approximate surface area is 85.9 Å². The molecule has 0 aliphatic carbocycles. The van der Waals surface area contributed by atoms with Gasteiger partial charge in [-0.1, -0.05) is 23.7 Å². The van der Waals surface area contributed by atoms with E-state index in [1.807, 2.05) is 12.1 Å². The van der Waals surface area contributed by atoms with Gasteiger partial charge in [0.2, 0.25) is 0 Å². The predicted octanol–water partition coefficient (Wildman–Crippen LogP) is 1.89. The molecule has 0 unspecified atom stereocenters. The summed E-state index contributed by atoms with van der Waals surface area (Å²) in [5.41, 5.74) is 13.0. The van der Waals surface area contributed by atoms with Gasteiger partial charge in [-0.15, -0.1) is 0 Å². The largest absolute Gasteiger partial charge is 0.383 e. The second-order valence-corrected chi connectivity index (χ2v) is 3.34. The fourth-order valence-corrected chi connectivity index (χ4v) is 1.42. The molecule has 72 valence electrons. The van der Waals surface area contributed by atoms with E-state index in [9.17, 15) is 0 Å². The molecule has 0 spiro atoms. The number of nitrogens with zero attached hydrogens (tertiary/aromatic N) is 1. The zero-order valence-electron chi connectivity index (χ0n) is 7.29. The zero-order valence-corrected chi connectivity index (χ0v) is 8.05. The summed E-state index contributed by atoms with van der Waals surface area (Å²) in [6.45, 7) is 0. The van der Waals surface area contributed by atoms with Crippen LogP contribution in [0.15, 0.2) is 24.3 Å². The summed E-state index contributed by atoms with van der Waals surface area (Å²) >= 11 is 5.77. The number of nitrogens with two attached hydrogens (primary N) is 2. The number of benzene rings is 1. The van der Waals surface area contributed by atoms with Crippen molar-refractivity contribution in [3.8, 4) is 11.1 Å². The molecular formula is C9H9ClN4. The third-order valence-electron chi connectivity index (χ3n) is 1.96. The first-order valence-electron chi connectivity index (χ1n) is 4.03. The minimum atomic E-state index is 0.393. The maximum absolute atomic E-state index is 5.77. The highest BCUT2D eigenvalue weighted by Gasteiger charge is 2.09. The number of anilines is 2. The first kappa shape index (κ1) is 8.90. The number of aromatic nitrogens is 2. The van der Waals surface area contributed by atoms with Crippen LogP contribution in [0.1, 0.15) is 0 Å². The van der Waals surface area contributed by atoms with Gasteiger partial charge in [-0.2, -0.15) is 5.10 Å². The maximum atomic E-state index is 5.77. The molecule has 1 heterocycles. The standard InChI is InChI=1S/C9H9ClN4/c10-6-3-1-5(2-4-6)7-8(11)13-14-9(7)12/h1-4H,(H5,11,12,13,14). The van der Waals surface area contributed by atoms with Crippen LogP contribution in [0.4, 0.5) is 11.6 Å². The number of hydrogen-bond acceptors (Lipinski definition) is 3. The van der Waals surface area contributed by atoms with Gasteiger partial charge in [0, 0.05) is 5.02 Å². The second kappa shape index (κ2) is 3.23. The van der Waals surface area contributed by atoms with Crippen LogP contribution in [-0.2, 0) is 0 Å². The zero-order chi connectivity index (χ0) is 10.1. The lowest BCUT2D eigenvalue weighted by molar-refractivity contribution is 1.11. The Morgan fingerprint density at radius 1 is 1.14 bits per heavy atom. The Kier molecular flexibility index (Phi) is 2.05. The third kappa shape index (κ3) is 1.40. The van der Waals surface area contributed by atoms with Gasteiger partial charge in [-0.3, -0.25) is 5.10 Å². The molecule has 1 aromatic heterocycles. The van der Waals surface area contributed by atoms with Crippen molar-refractivity contribution in [1.29, 1.82) is 0 Å². The van der Waals surface area contributed by atoms with Crippen molar-refractivity contribution in [2.24, 2.45) is 0 Å². The average Bonchev–Trinajstić information content (AvgIpc) is 2.49. The minimum Gasteiger partial charge on any atom is -0.383 e. The average molecular weight is 209 g/mol. The molecule has 0 bridgehead atoms. The molecule has 0 saturated carbocycles. The number of nitrogen functional groups attached to an aromatic ring is 2. The van der Waals surface area contributed by atoms with Crippen molar-refractivity contribution in [3.05, 3.63) is 29.3 Å². The molecule has 5 heteroatoms. The van der Waals surface area contributed by atoms with E-state index in [0.717, 1.165) is 11.1 Å². The molecule has 0 aliphatic rings. The van der Waals surface area contributed by atoms with E-state index in [1.165, 1.54) is 0 Å². The first-order valence-corrected chi connectivity index (χ1v) is 4.41. The van der Waals surface area contributed by atoms with Crippen LogP contribution in [0, 0.1) is 0 Å². The summed E-state index contributed by atoms with van der Waals surface area (Å²) in [6, 6.07) is 7.26.